The number of methoxy groups -OCH3 is 1. The molecule has 0 spiro atoms. The molecule has 144 valence electrons. The molecule has 2 aliphatic heterocycles. The van der Waals surface area contributed by atoms with E-state index in [1.54, 1.807) is 12.1 Å². The Hall–Kier alpha value is -1.92. The standard InChI is InChI=1S/C17H24N4O.C3H8O/c1-15-20(14-18-21(15)11-12-22)17-7-9-19(10-8-17)13-16-5-3-2-4-6-16;1-3-4-2/h3,5-6,12,14,17H,1-2,4,7-11,13H2;3H2,1-2H3. The van der Waals surface area contributed by atoms with Gasteiger partial charge in [0, 0.05) is 39.4 Å². The van der Waals surface area contributed by atoms with Gasteiger partial charge in [0.15, 0.2) is 0 Å². The van der Waals surface area contributed by atoms with Crippen molar-refractivity contribution in [2.45, 2.75) is 38.6 Å². The van der Waals surface area contributed by atoms with Gasteiger partial charge in [0.1, 0.15) is 18.4 Å². The summed E-state index contributed by atoms with van der Waals surface area (Å²) in [4.78, 5) is 15.3. The molecule has 0 amide bonds. The fourth-order valence-electron chi connectivity index (χ4n) is 3.31. The maximum absolute atomic E-state index is 10.6. The Morgan fingerprint density at radius 3 is 2.65 bits per heavy atom. The number of rotatable bonds is 6. The number of aldehydes is 1. The van der Waals surface area contributed by atoms with Crippen LogP contribution in [0.1, 0.15) is 32.6 Å². The molecule has 0 atom stereocenters. The predicted molar refractivity (Wildman–Crippen MR) is 106 cm³/mol. The van der Waals surface area contributed by atoms with Crippen LogP contribution in [0.4, 0.5) is 0 Å². The third-order valence-electron chi connectivity index (χ3n) is 4.88. The summed E-state index contributed by atoms with van der Waals surface area (Å²) in [5.74, 6) is 0.823. The van der Waals surface area contributed by atoms with Gasteiger partial charge in [0.2, 0.25) is 0 Å². The van der Waals surface area contributed by atoms with Gasteiger partial charge in [-0.15, -0.1) is 0 Å². The van der Waals surface area contributed by atoms with Crippen LogP contribution in [0, 0.1) is 0 Å². The first-order chi connectivity index (χ1) is 12.7. The lowest BCUT2D eigenvalue weighted by molar-refractivity contribution is -0.108. The Balaban J connectivity index is 0.000000552. The van der Waals surface area contributed by atoms with Gasteiger partial charge < -0.3 is 14.4 Å². The maximum atomic E-state index is 10.6. The van der Waals surface area contributed by atoms with Crippen LogP contribution in [0.2, 0.25) is 0 Å². The number of piperidine rings is 1. The summed E-state index contributed by atoms with van der Waals surface area (Å²) >= 11 is 0. The highest BCUT2D eigenvalue weighted by molar-refractivity contribution is 5.62. The Labute approximate surface area is 157 Å². The van der Waals surface area contributed by atoms with Gasteiger partial charge in [0.05, 0.1) is 6.54 Å². The molecule has 1 fully saturated rings. The minimum Gasteiger partial charge on any atom is -0.385 e. The zero-order valence-electron chi connectivity index (χ0n) is 16.1. The molecule has 0 N–H and O–H groups in total. The smallest absolute Gasteiger partial charge is 0.141 e. The fraction of sp³-hybridized carbons (Fsp3) is 0.600. The normalized spacial score (nSPS) is 20.8. The summed E-state index contributed by atoms with van der Waals surface area (Å²) in [5, 5.41) is 5.91. The SMILES string of the molecule is C=C1N(CC=O)N=CN1C1CCN(CC2=CCCC=C2)CC1.CCOC. The van der Waals surface area contributed by atoms with Crippen LogP contribution in [-0.4, -0.2) is 73.4 Å². The van der Waals surface area contributed by atoms with Gasteiger partial charge in [-0.2, -0.15) is 5.10 Å². The third-order valence-corrected chi connectivity index (χ3v) is 4.88. The average molecular weight is 361 g/mol. The van der Waals surface area contributed by atoms with Crippen LogP contribution in [0.15, 0.2) is 41.3 Å². The molecule has 0 aromatic carbocycles. The molecule has 0 bridgehead atoms. The second-order valence-corrected chi connectivity index (χ2v) is 6.65. The van der Waals surface area contributed by atoms with Crippen molar-refractivity contribution in [1.29, 1.82) is 0 Å². The van der Waals surface area contributed by atoms with Crippen LogP contribution in [0.5, 0.6) is 0 Å². The second kappa shape index (κ2) is 10.9. The van der Waals surface area contributed by atoms with E-state index in [4.69, 9.17) is 0 Å². The summed E-state index contributed by atoms with van der Waals surface area (Å²) in [6.45, 7) is 10.4. The zero-order chi connectivity index (χ0) is 18.8. The molecule has 3 aliphatic rings. The number of hydrazone groups is 1. The van der Waals surface area contributed by atoms with E-state index in [0.717, 1.165) is 51.2 Å². The summed E-state index contributed by atoms with van der Waals surface area (Å²) in [6, 6.07) is 0.444. The molecular formula is C20H32N4O2. The van der Waals surface area contributed by atoms with E-state index in [2.05, 4.69) is 44.4 Å². The van der Waals surface area contributed by atoms with E-state index in [0.29, 0.717) is 6.04 Å². The second-order valence-electron chi connectivity index (χ2n) is 6.65. The Morgan fingerprint density at radius 1 is 1.35 bits per heavy atom. The van der Waals surface area contributed by atoms with Crippen LogP contribution in [-0.2, 0) is 9.53 Å². The predicted octanol–water partition coefficient (Wildman–Crippen LogP) is 2.61. The van der Waals surface area contributed by atoms with Crippen molar-refractivity contribution in [3.05, 3.63) is 36.2 Å². The van der Waals surface area contributed by atoms with Crippen molar-refractivity contribution in [3.8, 4) is 0 Å². The molecule has 6 heteroatoms. The van der Waals surface area contributed by atoms with E-state index >= 15 is 0 Å². The number of allylic oxidation sites excluding steroid dienone is 2. The van der Waals surface area contributed by atoms with Crippen molar-refractivity contribution < 1.29 is 9.53 Å². The average Bonchev–Trinajstić information content (AvgIpc) is 3.04. The van der Waals surface area contributed by atoms with Gasteiger partial charge in [-0.3, -0.25) is 4.90 Å². The largest absolute Gasteiger partial charge is 0.385 e. The number of hydrogen-bond donors (Lipinski definition) is 0. The summed E-state index contributed by atoms with van der Waals surface area (Å²) in [7, 11) is 1.68. The van der Waals surface area contributed by atoms with Crippen molar-refractivity contribution in [2.75, 3.05) is 39.9 Å². The Kier molecular flexibility index (Phi) is 8.58. The van der Waals surface area contributed by atoms with Crippen molar-refractivity contribution in [2.24, 2.45) is 5.10 Å². The highest BCUT2D eigenvalue weighted by atomic mass is 16.5. The number of hydrogen-bond acceptors (Lipinski definition) is 6. The highest BCUT2D eigenvalue weighted by Crippen LogP contribution is 2.24. The van der Waals surface area contributed by atoms with Crippen molar-refractivity contribution in [3.63, 3.8) is 0 Å². The number of carbonyl (C=O) groups is 1. The molecule has 3 rings (SSSR count). The van der Waals surface area contributed by atoms with Gasteiger partial charge in [-0.25, -0.2) is 5.01 Å². The first-order valence-electron chi connectivity index (χ1n) is 9.49. The van der Waals surface area contributed by atoms with Gasteiger partial charge in [-0.05, 0) is 38.2 Å². The van der Waals surface area contributed by atoms with Gasteiger partial charge in [-0.1, -0.05) is 24.8 Å². The topological polar surface area (TPSA) is 48.4 Å². The quantitative estimate of drug-likeness (QED) is 0.682. The summed E-state index contributed by atoms with van der Waals surface area (Å²) in [6.07, 6.45) is 14.2. The molecule has 6 nitrogen and oxygen atoms in total. The zero-order valence-corrected chi connectivity index (χ0v) is 16.1. The number of carbonyl (C=O) groups excluding carboxylic acids is 1. The van der Waals surface area contributed by atoms with Crippen LogP contribution < -0.4 is 0 Å². The first kappa shape index (κ1) is 20.4. The number of nitrogens with zero attached hydrogens (tertiary/aromatic N) is 4. The van der Waals surface area contributed by atoms with E-state index in [-0.39, 0.29) is 6.54 Å². The molecule has 0 saturated carbocycles. The van der Waals surface area contributed by atoms with E-state index in [9.17, 15) is 4.79 Å². The fourth-order valence-corrected chi connectivity index (χ4v) is 3.31. The minimum absolute atomic E-state index is 0.283. The van der Waals surface area contributed by atoms with Crippen LogP contribution >= 0.6 is 0 Å². The number of likely N-dealkylation sites (tertiary alicyclic amines) is 1. The molecule has 0 radical (unpaired) electrons. The Bertz CT molecular complexity index is 546. The molecule has 1 saturated heterocycles. The molecule has 0 aromatic rings. The minimum atomic E-state index is 0.283. The Morgan fingerprint density at radius 2 is 2.08 bits per heavy atom. The van der Waals surface area contributed by atoms with Gasteiger partial charge >= 0.3 is 0 Å². The molecular weight excluding hydrogens is 328 g/mol. The maximum Gasteiger partial charge on any atom is 0.141 e. The van der Waals surface area contributed by atoms with Crippen molar-refractivity contribution in [1.82, 2.24) is 14.8 Å². The van der Waals surface area contributed by atoms with E-state index < -0.39 is 0 Å². The van der Waals surface area contributed by atoms with Crippen LogP contribution in [0.25, 0.3) is 0 Å². The lowest BCUT2D eigenvalue weighted by atomic mass is 10.0. The van der Waals surface area contributed by atoms with Crippen molar-refractivity contribution >= 4 is 12.6 Å². The summed E-state index contributed by atoms with van der Waals surface area (Å²) < 4.78 is 4.54. The monoisotopic (exact) mass is 360 g/mol. The lowest BCUT2D eigenvalue weighted by Crippen LogP contribution is -2.44. The molecule has 2 heterocycles. The molecule has 0 unspecified atom stereocenters. The lowest BCUT2D eigenvalue weighted by Gasteiger charge is -2.37. The molecule has 0 aromatic heterocycles. The number of ether oxygens (including phenoxy) is 1. The molecule has 1 aliphatic carbocycles. The summed E-state index contributed by atoms with van der Waals surface area (Å²) in [5.41, 5.74) is 1.45. The van der Waals surface area contributed by atoms with Gasteiger partial charge in [0.25, 0.3) is 0 Å². The van der Waals surface area contributed by atoms with E-state index in [1.165, 1.54) is 18.4 Å². The van der Waals surface area contributed by atoms with E-state index in [1.807, 2.05) is 13.3 Å². The van der Waals surface area contributed by atoms with Crippen LogP contribution in [0.3, 0.4) is 0 Å². The third kappa shape index (κ3) is 5.81. The highest BCUT2D eigenvalue weighted by Gasteiger charge is 2.29. The first-order valence-corrected chi connectivity index (χ1v) is 9.49. The molecule has 26 heavy (non-hydrogen) atoms.